The van der Waals surface area contributed by atoms with Crippen LogP contribution in [0.25, 0.3) is 10.2 Å². The zero-order valence-electron chi connectivity index (χ0n) is 17.5. The summed E-state index contributed by atoms with van der Waals surface area (Å²) in [6.07, 6.45) is 2.74. The number of nitrogens with zero attached hydrogens (tertiary/aromatic N) is 2. The zero-order valence-corrected chi connectivity index (χ0v) is 19.1. The summed E-state index contributed by atoms with van der Waals surface area (Å²) in [6, 6.07) is 12.2. The normalized spacial score (nSPS) is 14.0. The van der Waals surface area contributed by atoms with Crippen molar-refractivity contribution in [1.82, 2.24) is 14.9 Å². The van der Waals surface area contributed by atoms with Crippen molar-refractivity contribution in [1.29, 1.82) is 0 Å². The van der Waals surface area contributed by atoms with Crippen molar-refractivity contribution >= 4 is 38.8 Å². The fourth-order valence-corrected chi connectivity index (χ4v) is 6.10. The van der Waals surface area contributed by atoms with Gasteiger partial charge in [0.05, 0.1) is 16.3 Å². The van der Waals surface area contributed by atoms with Gasteiger partial charge in [0.25, 0.3) is 11.5 Å². The molecule has 1 unspecified atom stereocenters. The van der Waals surface area contributed by atoms with Crippen LogP contribution in [-0.2, 0) is 19.4 Å². The van der Waals surface area contributed by atoms with Gasteiger partial charge in [-0.15, -0.1) is 22.7 Å². The lowest BCUT2D eigenvalue weighted by atomic mass is 10.0. The molecule has 1 N–H and O–H groups in total. The third-order valence-corrected chi connectivity index (χ3v) is 8.06. The number of rotatable bonds is 5. The molecule has 0 bridgehead atoms. The largest absolute Gasteiger partial charge is 0.340 e. The van der Waals surface area contributed by atoms with Crippen molar-refractivity contribution in [3.63, 3.8) is 0 Å². The van der Waals surface area contributed by atoms with E-state index in [4.69, 9.17) is 4.98 Å². The van der Waals surface area contributed by atoms with Crippen LogP contribution in [0.4, 0.5) is 0 Å². The molecule has 1 atom stereocenters. The number of aryl methyl sites for hydroxylation is 3. The van der Waals surface area contributed by atoms with E-state index in [1.807, 2.05) is 24.4 Å². The molecule has 4 aromatic rings. The predicted molar refractivity (Wildman–Crippen MR) is 126 cm³/mol. The van der Waals surface area contributed by atoms with Crippen LogP contribution in [0.5, 0.6) is 0 Å². The van der Waals surface area contributed by atoms with Crippen molar-refractivity contribution in [2.75, 3.05) is 0 Å². The molecule has 7 heteroatoms. The van der Waals surface area contributed by atoms with E-state index in [1.54, 1.807) is 15.9 Å². The Hall–Kier alpha value is -2.77. The summed E-state index contributed by atoms with van der Waals surface area (Å²) >= 11 is 2.94. The molecule has 0 saturated carbocycles. The van der Waals surface area contributed by atoms with E-state index in [9.17, 15) is 9.59 Å². The van der Waals surface area contributed by atoms with Crippen LogP contribution < -0.4 is 10.9 Å². The molecule has 5 rings (SSSR count). The van der Waals surface area contributed by atoms with Gasteiger partial charge in [-0.3, -0.25) is 14.2 Å². The molecule has 1 aliphatic rings. The van der Waals surface area contributed by atoms with Crippen LogP contribution in [0, 0.1) is 6.92 Å². The second kappa shape index (κ2) is 8.05. The summed E-state index contributed by atoms with van der Waals surface area (Å²) in [7, 11) is 0. The highest BCUT2D eigenvalue weighted by atomic mass is 32.1. The predicted octanol–water partition coefficient (Wildman–Crippen LogP) is 4.86. The molecule has 31 heavy (non-hydrogen) atoms. The SMILES string of the molecule is CCc1ccc(C(NC(=O)c2sc3nc4n(c(=O)c3c2C)CCC4)c2cccs2)cc1. The number of aromatic nitrogens is 2. The average molecular weight is 450 g/mol. The fraction of sp³-hybridized carbons (Fsp3) is 0.292. The van der Waals surface area contributed by atoms with Crippen LogP contribution in [-0.4, -0.2) is 15.5 Å². The standard InChI is InChI=1S/C24H23N3O2S2/c1-3-15-8-10-16(11-9-15)20(17-6-5-13-30-17)26-22(28)21-14(2)19-23(31-21)25-18-7-4-12-27(18)24(19)29/h5-6,8-11,13,20H,3-4,7,12H2,1-2H3,(H,26,28). The van der Waals surface area contributed by atoms with Gasteiger partial charge in [-0.25, -0.2) is 4.98 Å². The Bertz CT molecular complexity index is 1320. The van der Waals surface area contributed by atoms with Crippen LogP contribution in [0.15, 0.2) is 46.6 Å². The maximum atomic E-state index is 13.4. The monoisotopic (exact) mass is 449 g/mol. The molecule has 158 valence electrons. The molecule has 3 aromatic heterocycles. The van der Waals surface area contributed by atoms with Crippen LogP contribution in [0.3, 0.4) is 0 Å². The first kappa shape index (κ1) is 20.2. The number of benzene rings is 1. The van der Waals surface area contributed by atoms with Crippen molar-refractivity contribution in [2.45, 2.75) is 45.7 Å². The van der Waals surface area contributed by atoms with Gasteiger partial charge in [-0.2, -0.15) is 0 Å². The zero-order chi connectivity index (χ0) is 21.5. The fourth-order valence-electron chi connectivity index (χ4n) is 4.21. The number of thiophene rings is 2. The molecule has 5 nitrogen and oxygen atoms in total. The van der Waals surface area contributed by atoms with E-state index in [-0.39, 0.29) is 17.5 Å². The minimum absolute atomic E-state index is 0.0183. The van der Waals surface area contributed by atoms with Gasteiger partial charge in [0.15, 0.2) is 0 Å². The van der Waals surface area contributed by atoms with Crippen LogP contribution in [0.2, 0.25) is 0 Å². The minimum Gasteiger partial charge on any atom is -0.340 e. The number of carbonyl (C=O) groups is 1. The van der Waals surface area contributed by atoms with Crippen LogP contribution >= 0.6 is 22.7 Å². The van der Waals surface area contributed by atoms with E-state index < -0.39 is 0 Å². The van der Waals surface area contributed by atoms with Crippen molar-refractivity contribution < 1.29 is 4.79 Å². The van der Waals surface area contributed by atoms with Gasteiger partial charge in [-0.05, 0) is 47.9 Å². The summed E-state index contributed by atoms with van der Waals surface area (Å²) in [6.45, 7) is 4.70. The molecule has 0 radical (unpaired) electrons. The Morgan fingerprint density at radius 2 is 2.06 bits per heavy atom. The first-order chi connectivity index (χ1) is 15.1. The Kier molecular flexibility index (Phi) is 5.24. The molecule has 1 amide bonds. The lowest BCUT2D eigenvalue weighted by Gasteiger charge is -2.18. The summed E-state index contributed by atoms with van der Waals surface area (Å²) in [5.41, 5.74) is 3.02. The highest BCUT2D eigenvalue weighted by Gasteiger charge is 2.25. The van der Waals surface area contributed by atoms with Crippen LogP contribution in [0.1, 0.15) is 56.4 Å². The van der Waals surface area contributed by atoms with Gasteiger partial charge in [0, 0.05) is 17.8 Å². The van der Waals surface area contributed by atoms with Gasteiger partial charge in [0.2, 0.25) is 0 Å². The van der Waals surface area contributed by atoms with Gasteiger partial charge < -0.3 is 5.32 Å². The summed E-state index contributed by atoms with van der Waals surface area (Å²) in [4.78, 5) is 33.3. The Morgan fingerprint density at radius 3 is 2.77 bits per heavy atom. The Morgan fingerprint density at radius 1 is 1.26 bits per heavy atom. The van der Waals surface area contributed by atoms with Gasteiger partial charge in [-0.1, -0.05) is 37.3 Å². The summed E-state index contributed by atoms with van der Waals surface area (Å²) in [5, 5.41) is 5.82. The highest BCUT2D eigenvalue weighted by Crippen LogP contribution is 2.31. The van der Waals surface area contributed by atoms with Gasteiger partial charge in [0.1, 0.15) is 10.7 Å². The number of nitrogens with one attached hydrogen (secondary N) is 1. The van der Waals surface area contributed by atoms with E-state index in [0.717, 1.165) is 41.1 Å². The first-order valence-electron chi connectivity index (χ1n) is 10.5. The third-order valence-electron chi connectivity index (χ3n) is 5.94. The van der Waals surface area contributed by atoms with Crippen molar-refractivity contribution in [3.05, 3.63) is 84.4 Å². The average Bonchev–Trinajstić information content (AvgIpc) is 3.53. The van der Waals surface area contributed by atoms with E-state index in [1.165, 1.54) is 16.9 Å². The maximum Gasteiger partial charge on any atom is 0.262 e. The lowest BCUT2D eigenvalue weighted by molar-refractivity contribution is 0.0947. The Labute approximate surface area is 188 Å². The van der Waals surface area contributed by atoms with Gasteiger partial charge >= 0.3 is 0 Å². The highest BCUT2D eigenvalue weighted by molar-refractivity contribution is 7.20. The number of carbonyl (C=O) groups excluding carboxylic acids is 1. The van der Waals surface area contributed by atoms with E-state index >= 15 is 0 Å². The molecule has 1 aromatic carbocycles. The second-order valence-electron chi connectivity index (χ2n) is 7.84. The number of amides is 1. The van der Waals surface area contributed by atoms with E-state index in [0.29, 0.717) is 21.6 Å². The smallest absolute Gasteiger partial charge is 0.262 e. The second-order valence-corrected chi connectivity index (χ2v) is 9.82. The number of hydrogen-bond acceptors (Lipinski definition) is 5. The molecular formula is C24H23N3O2S2. The number of fused-ring (bicyclic) bond motifs is 2. The molecule has 0 spiro atoms. The molecule has 4 heterocycles. The Balaban J connectivity index is 1.52. The third kappa shape index (κ3) is 3.51. The van der Waals surface area contributed by atoms with E-state index in [2.05, 4.69) is 36.5 Å². The first-order valence-corrected chi connectivity index (χ1v) is 12.2. The maximum absolute atomic E-state index is 13.4. The minimum atomic E-state index is -0.234. The van der Waals surface area contributed by atoms with Crippen molar-refractivity contribution in [3.8, 4) is 0 Å². The number of hydrogen-bond donors (Lipinski definition) is 1. The van der Waals surface area contributed by atoms with Crippen molar-refractivity contribution in [2.24, 2.45) is 0 Å². The summed E-state index contributed by atoms with van der Waals surface area (Å²) < 4.78 is 1.76. The quantitative estimate of drug-likeness (QED) is 0.473. The molecule has 0 saturated heterocycles. The summed E-state index contributed by atoms with van der Waals surface area (Å²) in [5.74, 6) is 0.668. The lowest BCUT2D eigenvalue weighted by Crippen LogP contribution is -2.28. The molecule has 0 aliphatic carbocycles. The molecule has 0 fully saturated rings. The topological polar surface area (TPSA) is 64.0 Å². The molecular weight excluding hydrogens is 426 g/mol. The molecule has 1 aliphatic heterocycles.